The van der Waals surface area contributed by atoms with E-state index in [1.54, 1.807) is 0 Å². The van der Waals surface area contributed by atoms with Crippen LogP contribution in [0.5, 0.6) is 0 Å². The summed E-state index contributed by atoms with van der Waals surface area (Å²) < 4.78 is 8.30. The number of aromatic nitrogens is 2. The first-order valence-corrected chi connectivity index (χ1v) is 6.22. The van der Waals surface area contributed by atoms with Crippen molar-refractivity contribution in [2.24, 2.45) is 7.05 Å². The molecule has 0 aliphatic carbocycles. The number of halogens is 1. The summed E-state index contributed by atoms with van der Waals surface area (Å²) in [6.45, 7) is 6.28. The summed E-state index contributed by atoms with van der Waals surface area (Å²) in [7, 11) is 1.97. The van der Waals surface area contributed by atoms with Crippen molar-refractivity contribution in [1.29, 1.82) is 0 Å². The molecular formula is C10H17BrN4O. The third kappa shape index (κ3) is 2.63. The molecule has 16 heavy (non-hydrogen) atoms. The lowest BCUT2D eigenvalue weighted by Gasteiger charge is -2.27. The van der Waals surface area contributed by atoms with E-state index in [9.17, 15) is 0 Å². The van der Waals surface area contributed by atoms with Gasteiger partial charge in [-0.2, -0.15) is 5.10 Å². The standard InChI is InChI=1S/C10H17BrN4O/c1-8-10(11)9(14(2)13-8)7-12-15-3-5-16-6-4-15/h12H,3-7H2,1-2H3. The summed E-state index contributed by atoms with van der Waals surface area (Å²) in [5.41, 5.74) is 5.59. The second kappa shape index (κ2) is 5.27. The molecule has 0 saturated carbocycles. The lowest BCUT2D eigenvalue weighted by atomic mass is 10.4. The van der Waals surface area contributed by atoms with E-state index in [1.165, 1.54) is 5.69 Å². The summed E-state index contributed by atoms with van der Waals surface area (Å²) in [6, 6.07) is 0. The monoisotopic (exact) mass is 288 g/mol. The number of hydrazine groups is 1. The number of hydrogen-bond donors (Lipinski definition) is 1. The molecule has 2 rings (SSSR count). The van der Waals surface area contributed by atoms with Gasteiger partial charge in [0.25, 0.3) is 0 Å². The topological polar surface area (TPSA) is 42.3 Å². The van der Waals surface area contributed by atoms with E-state index in [1.807, 2.05) is 18.7 Å². The summed E-state index contributed by atoms with van der Waals surface area (Å²) in [4.78, 5) is 0. The van der Waals surface area contributed by atoms with E-state index in [2.05, 4.69) is 31.5 Å². The first kappa shape index (κ1) is 12.0. The quantitative estimate of drug-likeness (QED) is 0.895. The molecule has 0 unspecified atom stereocenters. The van der Waals surface area contributed by atoms with Gasteiger partial charge in [0, 0.05) is 20.1 Å². The highest BCUT2D eigenvalue weighted by molar-refractivity contribution is 9.10. The Morgan fingerprint density at radius 2 is 2.12 bits per heavy atom. The molecule has 0 amide bonds. The van der Waals surface area contributed by atoms with Crippen LogP contribution in [0.1, 0.15) is 11.4 Å². The number of rotatable bonds is 3. The largest absolute Gasteiger partial charge is 0.379 e. The van der Waals surface area contributed by atoms with Gasteiger partial charge in [0.15, 0.2) is 0 Å². The van der Waals surface area contributed by atoms with Gasteiger partial charge in [0.1, 0.15) is 0 Å². The van der Waals surface area contributed by atoms with Crippen LogP contribution in [0, 0.1) is 6.92 Å². The fourth-order valence-electron chi connectivity index (χ4n) is 1.78. The molecule has 0 radical (unpaired) electrons. The Balaban J connectivity index is 1.93. The second-order valence-corrected chi connectivity index (χ2v) is 4.70. The minimum atomic E-state index is 0.790. The van der Waals surface area contributed by atoms with E-state index >= 15 is 0 Å². The van der Waals surface area contributed by atoms with Crippen molar-refractivity contribution in [3.8, 4) is 0 Å². The Labute approximate surface area is 104 Å². The number of nitrogens with one attached hydrogen (secondary N) is 1. The van der Waals surface area contributed by atoms with Crippen LogP contribution < -0.4 is 5.43 Å². The van der Waals surface area contributed by atoms with Crippen molar-refractivity contribution in [3.05, 3.63) is 15.9 Å². The summed E-state index contributed by atoms with van der Waals surface area (Å²) in [5, 5.41) is 6.55. The van der Waals surface area contributed by atoms with Crippen LogP contribution in [0.3, 0.4) is 0 Å². The molecule has 0 spiro atoms. The minimum Gasteiger partial charge on any atom is -0.379 e. The van der Waals surface area contributed by atoms with Gasteiger partial charge >= 0.3 is 0 Å². The molecule has 2 heterocycles. The summed E-state index contributed by atoms with van der Waals surface area (Å²) in [6.07, 6.45) is 0. The minimum absolute atomic E-state index is 0.790. The van der Waals surface area contributed by atoms with Crippen molar-refractivity contribution in [3.63, 3.8) is 0 Å². The highest BCUT2D eigenvalue weighted by atomic mass is 79.9. The van der Waals surface area contributed by atoms with Crippen molar-refractivity contribution in [1.82, 2.24) is 20.2 Å². The van der Waals surface area contributed by atoms with Gasteiger partial charge in [-0.3, -0.25) is 4.68 Å². The smallest absolute Gasteiger partial charge is 0.0739 e. The number of morpholine rings is 1. The predicted molar refractivity (Wildman–Crippen MR) is 64.9 cm³/mol. The fourth-order valence-corrected chi connectivity index (χ4v) is 2.26. The van der Waals surface area contributed by atoms with Crippen molar-refractivity contribution in [2.45, 2.75) is 13.5 Å². The van der Waals surface area contributed by atoms with Crippen molar-refractivity contribution in [2.75, 3.05) is 26.3 Å². The van der Waals surface area contributed by atoms with Crippen LogP contribution in [-0.2, 0) is 18.3 Å². The Kier molecular flexibility index (Phi) is 3.96. The van der Waals surface area contributed by atoms with Crippen LogP contribution in [-0.4, -0.2) is 41.1 Å². The van der Waals surface area contributed by atoms with E-state index in [4.69, 9.17) is 4.74 Å². The highest BCUT2D eigenvalue weighted by Crippen LogP contribution is 2.19. The van der Waals surface area contributed by atoms with Crippen LogP contribution in [0.4, 0.5) is 0 Å². The normalized spacial score (nSPS) is 17.9. The zero-order chi connectivity index (χ0) is 11.5. The molecule has 1 aliphatic heterocycles. The van der Waals surface area contributed by atoms with Gasteiger partial charge in [-0.05, 0) is 22.9 Å². The molecule has 1 N–H and O–H groups in total. The Morgan fingerprint density at radius 1 is 1.44 bits per heavy atom. The van der Waals surface area contributed by atoms with Gasteiger partial charge in [-0.1, -0.05) is 0 Å². The lowest BCUT2D eigenvalue weighted by molar-refractivity contribution is 0.0101. The molecule has 1 aromatic heterocycles. The summed E-state index contributed by atoms with van der Waals surface area (Å²) in [5.74, 6) is 0. The van der Waals surface area contributed by atoms with Crippen LogP contribution in [0.15, 0.2) is 4.47 Å². The van der Waals surface area contributed by atoms with Crippen molar-refractivity contribution < 1.29 is 4.74 Å². The third-order valence-corrected chi connectivity index (χ3v) is 3.77. The maximum Gasteiger partial charge on any atom is 0.0739 e. The van der Waals surface area contributed by atoms with Gasteiger partial charge in [0.2, 0.25) is 0 Å². The number of ether oxygens (including phenoxy) is 1. The Hall–Kier alpha value is -0.430. The van der Waals surface area contributed by atoms with Gasteiger partial charge in [-0.15, -0.1) is 0 Å². The number of hydrogen-bond acceptors (Lipinski definition) is 4. The molecule has 0 bridgehead atoms. The zero-order valence-electron chi connectivity index (χ0n) is 9.66. The van der Waals surface area contributed by atoms with Crippen LogP contribution >= 0.6 is 15.9 Å². The first-order valence-electron chi connectivity index (χ1n) is 5.42. The number of nitrogens with zero attached hydrogens (tertiary/aromatic N) is 3. The maximum absolute atomic E-state index is 5.29. The fraction of sp³-hybridized carbons (Fsp3) is 0.700. The van der Waals surface area contributed by atoms with Gasteiger partial charge in [-0.25, -0.2) is 10.4 Å². The van der Waals surface area contributed by atoms with Crippen molar-refractivity contribution >= 4 is 15.9 Å². The van der Waals surface area contributed by atoms with Crippen LogP contribution in [0.2, 0.25) is 0 Å². The molecule has 1 saturated heterocycles. The third-order valence-electron chi connectivity index (χ3n) is 2.74. The molecule has 1 aliphatic rings. The maximum atomic E-state index is 5.29. The molecule has 90 valence electrons. The molecular weight excluding hydrogens is 272 g/mol. The van der Waals surface area contributed by atoms with Gasteiger partial charge in [0.05, 0.1) is 35.6 Å². The highest BCUT2D eigenvalue weighted by Gasteiger charge is 2.13. The van der Waals surface area contributed by atoms with E-state index in [-0.39, 0.29) is 0 Å². The zero-order valence-corrected chi connectivity index (χ0v) is 11.2. The average Bonchev–Trinajstić information content (AvgIpc) is 2.53. The summed E-state index contributed by atoms with van der Waals surface area (Å²) >= 11 is 3.56. The lowest BCUT2D eigenvalue weighted by Crippen LogP contribution is -2.45. The van der Waals surface area contributed by atoms with Crippen LogP contribution in [0.25, 0.3) is 0 Å². The second-order valence-electron chi connectivity index (χ2n) is 3.90. The predicted octanol–water partition coefficient (Wildman–Crippen LogP) is 0.828. The van der Waals surface area contributed by atoms with E-state index < -0.39 is 0 Å². The SMILES string of the molecule is Cc1nn(C)c(CNN2CCOCC2)c1Br. The van der Waals surface area contributed by atoms with E-state index in [0.29, 0.717) is 0 Å². The molecule has 0 atom stereocenters. The molecule has 6 heteroatoms. The number of aryl methyl sites for hydroxylation is 2. The molecule has 0 aromatic carbocycles. The molecule has 1 aromatic rings. The van der Waals surface area contributed by atoms with Gasteiger partial charge < -0.3 is 4.74 Å². The average molecular weight is 289 g/mol. The molecule has 1 fully saturated rings. The first-order chi connectivity index (χ1) is 7.68. The Morgan fingerprint density at radius 3 is 2.69 bits per heavy atom. The molecule has 5 nitrogen and oxygen atoms in total. The Bertz CT molecular complexity index is 360. The van der Waals surface area contributed by atoms with E-state index in [0.717, 1.165) is 43.0 Å².